The van der Waals surface area contributed by atoms with Gasteiger partial charge in [-0.2, -0.15) is 0 Å². The Hall–Kier alpha value is -2.59. The van der Waals surface area contributed by atoms with E-state index in [0.29, 0.717) is 5.02 Å². The molecule has 0 radical (unpaired) electrons. The Bertz CT molecular complexity index is 921. The number of carbonyl (C=O) groups is 1. The normalized spacial score (nSPS) is 10.8. The van der Waals surface area contributed by atoms with E-state index in [1.54, 1.807) is 0 Å². The predicted molar refractivity (Wildman–Crippen MR) is 97.8 cm³/mol. The highest BCUT2D eigenvalue weighted by atomic mass is 35.5. The zero-order chi connectivity index (χ0) is 17.3. The van der Waals surface area contributed by atoms with Gasteiger partial charge in [-0.15, -0.1) is 0 Å². The lowest BCUT2D eigenvalue weighted by atomic mass is 9.90. The molecule has 2 aromatic carbocycles. The molecule has 0 amide bonds. The van der Waals surface area contributed by atoms with Crippen LogP contribution in [-0.2, 0) is 11.2 Å². The Labute approximate surface area is 145 Å². The molecule has 0 bridgehead atoms. The van der Waals surface area contributed by atoms with Crippen molar-refractivity contribution in [2.24, 2.45) is 0 Å². The van der Waals surface area contributed by atoms with E-state index in [1.807, 2.05) is 56.4 Å². The highest BCUT2D eigenvalue weighted by Gasteiger charge is 2.16. The molecule has 0 saturated heterocycles. The number of aryl methyl sites for hydroxylation is 1. The van der Waals surface area contributed by atoms with Crippen LogP contribution in [0.2, 0.25) is 5.02 Å². The fourth-order valence-electron chi connectivity index (χ4n) is 2.91. The molecular weight excluding hydrogens is 324 g/mol. The van der Waals surface area contributed by atoms with E-state index in [9.17, 15) is 9.90 Å². The van der Waals surface area contributed by atoms with Gasteiger partial charge in [0.1, 0.15) is 5.82 Å². The summed E-state index contributed by atoms with van der Waals surface area (Å²) in [5.74, 6) is -0.0811. The van der Waals surface area contributed by atoms with E-state index in [0.717, 1.165) is 39.0 Å². The molecule has 0 spiro atoms. The molecule has 0 unspecified atom stereocenters. The molecule has 1 aromatic heterocycles. The number of pyridine rings is 1. The largest absolute Gasteiger partial charge is 0.481 e. The van der Waals surface area contributed by atoms with Gasteiger partial charge in [-0.05, 0) is 59.5 Å². The second-order valence-electron chi connectivity index (χ2n) is 5.64. The number of hydrogen-bond acceptors (Lipinski definition) is 3. The van der Waals surface area contributed by atoms with E-state index in [2.05, 4.69) is 10.3 Å². The molecule has 4 nitrogen and oxygen atoms in total. The minimum atomic E-state index is -0.854. The lowest BCUT2D eigenvalue weighted by Crippen LogP contribution is -2.05. The predicted octanol–water partition coefficient (Wildman–Crippen LogP) is 4.53. The number of halogens is 1. The quantitative estimate of drug-likeness (QED) is 0.732. The SMILES string of the molecule is CNc1ccc2c(-c3ccc(Cl)cc3)c(CC(=O)O)c(C)cc2n1. The van der Waals surface area contributed by atoms with Gasteiger partial charge in [-0.3, -0.25) is 4.79 Å². The zero-order valence-electron chi connectivity index (χ0n) is 13.4. The van der Waals surface area contributed by atoms with Crippen LogP contribution >= 0.6 is 11.6 Å². The number of benzene rings is 2. The first-order valence-electron chi connectivity index (χ1n) is 7.58. The minimum absolute atomic E-state index is 0.0342. The van der Waals surface area contributed by atoms with Crippen molar-refractivity contribution in [3.05, 3.63) is 58.6 Å². The number of anilines is 1. The van der Waals surface area contributed by atoms with Crippen molar-refractivity contribution in [1.29, 1.82) is 0 Å². The van der Waals surface area contributed by atoms with Crippen molar-refractivity contribution in [2.45, 2.75) is 13.3 Å². The fourth-order valence-corrected chi connectivity index (χ4v) is 3.04. The van der Waals surface area contributed by atoms with E-state index in [4.69, 9.17) is 11.6 Å². The number of hydrogen-bond donors (Lipinski definition) is 2. The molecule has 0 atom stereocenters. The van der Waals surface area contributed by atoms with Crippen molar-refractivity contribution < 1.29 is 9.90 Å². The van der Waals surface area contributed by atoms with Crippen LogP contribution in [0.15, 0.2) is 42.5 Å². The van der Waals surface area contributed by atoms with Crippen LogP contribution in [0.4, 0.5) is 5.82 Å². The van der Waals surface area contributed by atoms with Crippen LogP contribution in [-0.4, -0.2) is 23.1 Å². The van der Waals surface area contributed by atoms with E-state index in [-0.39, 0.29) is 6.42 Å². The monoisotopic (exact) mass is 340 g/mol. The molecule has 122 valence electrons. The first-order valence-corrected chi connectivity index (χ1v) is 7.96. The van der Waals surface area contributed by atoms with E-state index in [1.165, 1.54) is 0 Å². The maximum absolute atomic E-state index is 11.3. The summed E-state index contributed by atoms with van der Waals surface area (Å²) in [6.45, 7) is 1.92. The summed E-state index contributed by atoms with van der Waals surface area (Å²) in [6.07, 6.45) is -0.0342. The first kappa shape index (κ1) is 16.3. The second kappa shape index (κ2) is 6.49. The molecule has 5 heteroatoms. The van der Waals surface area contributed by atoms with Crippen molar-refractivity contribution in [3.63, 3.8) is 0 Å². The third-order valence-electron chi connectivity index (χ3n) is 4.04. The van der Waals surface area contributed by atoms with Crippen LogP contribution in [0.1, 0.15) is 11.1 Å². The van der Waals surface area contributed by atoms with Gasteiger partial charge in [0.15, 0.2) is 0 Å². The van der Waals surface area contributed by atoms with Crippen LogP contribution in [0.25, 0.3) is 22.0 Å². The van der Waals surface area contributed by atoms with E-state index >= 15 is 0 Å². The standard InChI is InChI=1S/C19H17ClN2O2/c1-11-9-16-14(7-8-17(21-2)22-16)19(15(11)10-18(23)24)12-3-5-13(20)6-4-12/h3-9H,10H2,1-2H3,(H,21,22)(H,23,24). The van der Waals surface area contributed by atoms with Gasteiger partial charge < -0.3 is 10.4 Å². The summed E-state index contributed by atoms with van der Waals surface area (Å²) in [4.78, 5) is 15.9. The average Bonchev–Trinajstić information content (AvgIpc) is 2.56. The fraction of sp³-hybridized carbons (Fsp3) is 0.158. The van der Waals surface area contributed by atoms with Crippen molar-refractivity contribution in [3.8, 4) is 11.1 Å². The number of fused-ring (bicyclic) bond motifs is 1. The number of aromatic nitrogens is 1. The maximum atomic E-state index is 11.3. The summed E-state index contributed by atoms with van der Waals surface area (Å²) in [5.41, 5.74) is 4.38. The van der Waals surface area contributed by atoms with Gasteiger partial charge in [0.05, 0.1) is 11.9 Å². The number of rotatable bonds is 4. The number of nitrogens with one attached hydrogen (secondary N) is 1. The number of nitrogens with zero attached hydrogens (tertiary/aromatic N) is 1. The third kappa shape index (κ3) is 3.05. The summed E-state index contributed by atoms with van der Waals surface area (Å²) in [5, 5.41) is 13.9. The van der Waals surface area contributed by atoms with Crippen LogP contribution in [0.3, 0.4) is 0 Å². The average molecular weight is 341 g/mol. The third-order valence-corrected chi connectivity index (χ3v) is 4.29. The lowest BCUT2D eigenvalue weighted by Gasteiger charge is -2.16. The molecule has 3 rings (SSSR count). The van der Waals surface area contributed by atoms with Crippen LogP contribution < -0.4 is 5.32 Å². The Morgan fingerprint density at radius 1 is 1.21 bits per heavy atom. The van der Waals surface area contributed by atoms with Crippen molar-refractivity contribution >= 4 is 34.3 Å². The molecule has 1 heterocycles. The van der Waals surface area contributed by atoms with Gasteiger partial charge in [-0.1, -0.05) is 23.7 Å². The van der Waals surface area contributed by atoms with Gasteiger partial charge in [-0.25, -0.2) is 4.98 Å². The summed E-state index contributed by atoms with van der Waals surface area (Å²) in [7, 11) is 1.82. The molecular formula is C19H17ClN2O2. The first-order chi connectivity index (χ1) is 11.5. The number of carboxylic acid groups (broad SMARTS) is 1. The molecule has 0 saturated carbocycles. The molecule has 24 heavy (non-hydrogen) atoms. The zero-order valence-corrected chi connectivity index (χ0v) is 14.2. The Balaban J connectivity index is 2.35. The lowest BCUT2D eigenvalue weighted by molar-refractivity contribution is -0.136. The smallest absolute Gasteiger partial charge is 0.307 e. The maximum Gasteiger partial charge on any atom is 0.307 e. The second-order valence-corrected chi connectivity index (χ2v) is 6.07. The Kier molecular flexibility index (Phi) is 4.40. The van der Waals surface area contributed by atoms with Crippen LogP contribution in [0, 0.1) is 6.92 Å². The molecule has 2 N–H and O–H groups in total. The topological polar surface area (TPSA) is 62.2 Å². The summed E-state index contributed by atoms with van der Waals surface area (Å²) >= 11 is 6.00. The van der Waals surface area contributed by atoms with Gasteiger partial charge >= 0.3 is 5.97 Å². The van der Waals surface area contributed by atoms with Gasteiger partial charge in [0, 0.05) is 17.5 Å². The number of aliphatic carboxylic acids is 1. The van der Waals surface area contributed by atoms with Gasteiger partial charge in [0.25, 0.3) is 0 Å². The highest BCUT2D eigenvalue weighted by Crippen LogP contribution is 2.35. The molecule has 0 aliphatic carbocycles. The molecule has 3 aromatic rings. The van der Waals surface area contributed by atoms with Crippen molar-refractivity contribution in [2.75, 3.05) is 12.4 Å². The molecule has 0 aliphatic rings. The van der Waals surface area contributed by atoms with Gasteiger partial charge in [0.2, 0.25) is 0 Å². The Morgan fingerprint density at radius 3 is 2.54 bits per heavy atom. The van der Waals surface area contributed by atoms with Crippen molar-refractivity contribution in [1.82, 2.24) is 4.98 Å². The Morgan fingerprint density at radius 2 is 1.92 bits per heavy atom. The highest BCUT2D eigenvalue weighted by molar-refractivity contribution is 6.30. The summed E-state index contributed by atoms with van der Waals surface area (Å²) < 4.78 is 0. The summed E-state index contributed by atoms with van der Waals surface area (Å²) in [6, 6.07) is 13.2. The number of carboxylic acids is 1. The molecule has 0 aliphatic heterocycles. The molecule has 0 fully saturated rings. The van der Waals surface area contributed by atoms with Crippen LogP contribution in [0.5, 0.6) is 0 Å². The van der Waals surface area contributed by atoms with E-state index < -0.39 is 5.97 Å². The minimum Gasteiger partial charge on any atom is -0.481 e.